The molecule has 0 bridgehead atoms. The van der Waals surface area contributed by atoms with Gasteiger partial charge in [0.1, 0.15) is 0 Å². The molecular weight excluding hydrogens is 366 g/mol. The zero-order valence-corrected chi connectivity index (χ0v) is 17.9. The molecule has 5 heteroatoms. The van der Waals surface area contributed by atoms with Crippen LogP contribution in [0.3, 0.4) is 0 Å². The van der Waals surface area contributed by atoms with Crippen molar-refractivity contribution in [2.45, 2.75) is 51.4 Å². The number of esters is 2. The number of carbonyl (C=O) groups excluding carboxylic acids is 2. The summed E-state index contributed by atoms with van der Waals surface area (Å²) in [6.07, 6.45) is 9.51. The number of allylic oxidation sites excluding steroid dienone is 2. The van der Waals surface area contributed by atoms with Gasteiger partial charge in [0.25, 0.3) is 0 Å². The molecule has 1 aliphatic carbocycles. The van der Waals surface area contributed by atoms with Crippen LogP contribution in [-0.4, -0.2) is 30.7 Å². The number of nitrogens with zero attached hydrogens (tertiary/aromatic N) is 1. The lowest BCUT2D eigenvalue weighted by Gasteiger charge is -2.36. The van der Waals surface area contributed by atoms with E-state index in [-0.39, 0.29) is 12.3 Å². The normalized spacial score (nSPS) is 18.0. The Labute approximate surface area is 172 Å². The molecule has 0 N–H and O–H groups in total. The van der Waals surface area contributed by atoms with Crippen molar-refractivity contribution < 1.29 is 19.1 Å². The summed E-state index contributed by atoms with van der Waals surface area (Å²) in [6.45, 7) is 2.19. The quantitative estimate of drug-likeness (QED) is 0.295. The SMILES string of the molecule is CCCCC/C=C/C1CC(C(=O)OC)(C(=O)OC)Cc2c1c1ccccc1n2C. The van der Waals surface area contributed by atoms with Crippen molar-refractivity contribution in [1.29, 1.82) is 0 Å². The molecule has 0 aliphatic heterocycles. The highest BCUT2D eigenvalue weighted by Gasteiger charge is 2.53. The first-order valence-corrected chi connectivity index (χ1v) is 10.4. The number of rotatable bonds is 7. The summed E-state index contributed by atoms with van der Waals surface area (Å²) in [5, 5.41) is 1.18. The Balaban J connectivity index is 2.12. The van der Waals surface area contributed by atoms with E-state index >= 15 is 0 Å². The summed E-state index contributed by atoms with van der Waals surface area (Å²) < 4.78 is 12.3. The van der Waals surface area contributed by atoms with Gasteiger partial charge in [-0.3, -0.25) is 9.59 Å². The number of hydrogen-bond donors (Lipinski definition) is 0. The highest BCUT2D eigenvalue weighted by atomic mass is 16.5. The van der Waals surface area contributed by atoms with E-state index in [1.165, 1.54) is 38.0 Å². The van der Waals surface area contributed by atoms with E-state index in [4.69, 9.17) is 9.47 Å². The number of para-hydroxylation sites is 1. The second-order valence-electron chi connectivity index (χ2n) is 7.91. The van der Waals surface area contributed by atoms with Crippen LogP contribution in [0.5, 0.6) is 0 Å². The molecule has 1 aromatic heterocycles. The van der Waals surface area contributed by atoms with Gasteiger partial charge in [-0.15, -0.1) is 0 Å². The molecule has 156 valence electrons. The van der Waals surface area contributed by atoms with Crippen LogP contribution in [-0.2, 0) is 32.5 Å². The summed E-state index contributed by atoms with van der Waals surface area (Å²) >= 11 is 0. The van der Waals surface area contributed by atoms with E-state index in [1.807, 2.05) is 19.2 Å². The third kappa shape index (κ3) is 3.70. The number of fused-ring (bicyclic) bond motifs is 3. The molecule has 2 aromatic rings. The average Bonchev–Trinajstić information content (AvgIpc) is 3.04. The first-order chi connectivity index (χ1) is 14.0. The monoisotopic (exact) mass is 397 g/mol. The number of ether oxygens (including phenoxy) is 2. The third-order valence-electron chi connectivity index (χ3n) is 6.17. The molecule has 29 heavy (non-hydrogen) atoms. The number of carbonyl (C=O) groups is 2. The van der Waals surface area contributed by atoms with Gasteiger partial charge in [0, 0.05) is 36.0 Å². The minimum atomic E-state index is -1.32. The van der Waals surface area contributed by atoms with Gasteiger partial charge in [0.15, 0.2) is 5.41 Å². The molecule has 0 fully saturated rings. The number of aryl methyl sites for hydroxylation is 1. The van der Waals surface area contributed by atoms with Gasteiger partial charge in [-0.05, 0) is 30.9 Å². The van der Waals surface area contributed by atoms with Crippen LogP contribution in [0.1, 0.15) is 56.2 Å². The fraction of sp³-hybridized carbons (Fsp3) is 0.500. The second-order valence-corrected chi connectivity index (χ2v) is 7.91. The number of methoxy groups -OCH3 is 2. The fourth-order valence-corrected chi connectivity index (χ4v) is 4.66. The lowest BCUT2D eigenvalue weighted by molar-refractivity contribution is -0.170. The first kappa shape index (κ1) is 21.2. The molecule has 1 aliphatic rings. The molecular formula is C24H31NO4. The van der Waals surface area contributed by atoms with Crippen molar-refractivity contribution in [1.82, 2.24) is 4.57 Å². The van der Waals surface area contributed by atoms with Crippen molar-refractivity contribution in [3.05, 3.63) is 47.7 Å². The molecule has 3 rings (SSSR count). The van der Waals surface area contributed by atoms with Crippen LogP contribution in [0.15, 0.2) is 36.4 Å². The number of aromatic nitrogens is 1. The maximum absolute atomic E-state index is 12.8. The molecule has 0 radical (unpaired) electrons. The summed E-state index contributed by atoms with van der Waals surface area (Å²) in [7, 11) is 4.66. The van der Waals surface area contributed by atoms with Crippen LogP contribution in [0.25, 0.3) is 10.9 Å². The Bertz CT molecular complexity index is 908. The standard InChI is InChI=1S/C24H31NO4/c1-5-6-7-8-9-12-17-15-24(22(26)28-3,23(27)29-4)16-20-21(17)18-13-10-11-14-19(18)25(20)2/h9-14,17H,5-8,15-16H2,1-4H3/b12-9+. The minimum Gasteiger partial charge on any atom is -0.468 e. The molecule has 0 amide bonds. The lowest BCUT2D eigenvalue weighted by Crippen LogP contribution is -2.46. The third-order valence-corrected chi connectivity index (χ3v) is 6.17. The minimum absolute atomic E-state index is 0.0512. The van der Waals surface area contributed by atoms with Gasteiger partial charge >= 0.3 is 11.9 Å². The maximum atomic E-state index is 12.8. The van der Waals surface area contributed by atoms with Crippen molar-refractivity contribution in [2.24, 2.45) is 12.5 Å². The predicted octanol–water partition coefficient (Wildman–Crippen LogP) is 4.68. The Hall–Kier alpha value is -2.56. The number of benzene rings is 1. The molecule has 0 spiro atoms. The molecule has 1 aromatic carbocycles. The van der Waals surface area contributed by atoms with E-state index in [1.54, 1.807) is 0 Å². The van der Waals surface area contributed by atoms with Crippen LogP contribution in [0.2, 0.25) is 0 Å². The highest BCUT2D eigenvalue weighted by Crippen LogP contribution is 2.48. The summed E-state index contributed by atoms with van der Waals surface area (Å²) in [5.74, 6) is -1.10. The van der Waals surface area contributed by atoms with Crippen molar-refractivity contribution >= 4 is 22.8 Å². The lowest BCUT2D eigenvalue weighted by atomic mass is 9.68. The average molecular weight is 398 g/mol. The van der Waals surface area contributed by atoms with E-state index < -0.39 is 17.4 Å². The highest BCUT2D eigenvalue weighted by molar-refractivity contribution is 6.01. The van der Waals surface area contributed by atoms with E-state index in [9.17, 15) is 9.59 Å². The van der Waals surface area contributed by atoms with E-state index in [2.05, 4.69) is 35.8 Å². The van der Waals surface area contributed by atoms with Crippen LogP contribution < -0.4 is 0 Å². The molecule has 1 unspecified atom stereocenters. The molecule has 0 saturated carbocycles. The van der Waals surface area contributed by atoms with Gasteiger partial charge in [-0.25, -0.2) is 0 Å². The van der Waals surface area contributed by atoms with E-state index in [0.29, 0.717) is 6.42 Å². The van der Waals surface area contributed by atoms with Crippen molar-refractivity contribution in [2.75, 3.05) is 14.2 Å². The Morgan fingerprint density at radius 2 is 1.86 bits per heavy atom. The van der Waals surface area contributed by atoms with Crippen molar-refractivity contribution in [3.8, 4) is 0 Å². The number of hydrogen-bond acceptors (Lipinski definition) is 4. The molecule has 1 atom stereocenters. The molecule has 1 heterocycles. The zero-order valence-electron chi connectivity index (χ0n) is 17.9. The van der Waals surface area contributed by atoms with Crippen molar-refractivity contribution in [3.63, 3.8) is 0 Å². The molecule has 0 saturated heterocycles. The zero-order chi connectivity index (χ0) is 21.0. The maximum Gasteiger partial charge on any atom is 0.323 e. The van der Waals surface area contributed by atoms with Crippen LogP contribution in [0, 0.1) is 5.41 Å². The van der Waals surface area contributed by atoms with Gasteiger partial charge in [0.2, 0.25) is 0 Å². The second kappa shape index (κ2) is 8.85. The van der Waals surface area contributed by atoms with Crippen LogP contribution in [0.4, 0.5) is 0 Å². The Morgan fingerprint density at radius 3 is 2.52 bits per heavy atom. The largest absolute Gasteiger partial charge is 0.468 e. The fourth-order valence-electron chi connectivity index (χ4n) is 4.66. The van der Waals surface area contributed by atoms with Crippen LogP contribution >= 0.6 is 0 Å². The predicted molar refractivity (Wildman–Crippen MR) is 114 cm³/mol. The summed E-state index contributed by atoms with van der Waals surface area (Å²) in [5.41, 5.74) is 1.99. The smallest absolute Gasteiger partial charge is 0.323 e. The van der Waals surface area contributed by atoms with Gasteiger partial charge in [0.05, 0.1) is 14.2 Å². The van der Waals surface area contributed by atoms with Gasteiger partial charge < -0.3 is 14.0 Å². The summed E-state index contributed by atoms with van der Waals surface area (Å²) in [4.78, 5) is 25.7. The Kier molecular flexibility index (Phi) is 6.46. The Morgan fingerprint density at radius 1 is 1.17 bits per heavy atom. The van der Waals surface area contributed by atoms with Gasteiger partial charge in [-0.1, -0.05) is 50.1 Å². The summed E-state index contributed by atoms with van der Waals surface area (Å²) in [6, 6.07) is 8.24. The van der Waals surface area contributed by atoms with E-state index in [0.717, 1.165) is 24.1 Å². The van der Waals surface area contributed by atoms with Gasteiger partial charge in [-0.2, -0.15) is 0 Å². The number of unbranched alkanes of at least 4 members (excludes halogenated alkanes) is 3. The molecule has 5 nitrogen and oxygen atoms in total. The topological polar surface area (TPSA) is 57.5 Å². The first-order valence-electron chi connectivity index (χ1n) is 10.4.